The largest absolute Gasteiger partial charge is 0.507 e. The minimum Gasteiger partial charge on any atom is -0.507 e. The molecule has 0 radical (unpaired) electrons. The monoisotopic (exact) mass is 516 g/mol. The van der Waals surface area contributed by atoms with Crippen LogP contribution in [-0.2, 0) is 11.2 Å². The molecule has 6 rings (SSSR count). The van der Waals surface area contributed by atoms with Crippen molar-refractivity contribution in [2.75, 3.05) is 26.8 Å². The summed E-state index contributed by atoms with van der Waals surface area (Å²) in [6.07, 6.45) is 1.24. The summed E-state index contributed by atoms with van der Waals surface area (Å²) in [6.45, 7) is 5.17. The molecule has 0 spiro atoms. The Morgan fingerprint density at radius 1 is 1.13 bits per heavy atom. The number of carbonyl (C=O) groups excluding carboxylic acids is 2. The van der Waals surface area contributed by atoms with Crippen LogP contribution in [0.2, 0.25) is 0 Å². The standard InChI is InChI=1S/C30H32N2O6/c1-18(2)30(35)32-12-10-19-15-27-26(36-3)17-23(19)28(32)20-6-4-7-21(14-20)37-13-5-11-31-29(34)24-16-22(38-27)8-9-25(24)33/h4,6-9,14-18,28,33H,5,10-13H2,1-3H3,(H,31,34). The van der Waals surface area contributed by atoms with Crippen LogP contribution in [0.1, 0.15) is 53.4 Å². The molecule has 1 unspecified atom stereocenters. The number of fused-ring (bicyclic) bond motifs is 6. The maximum Gasteiger partial charge on any atom is 0.255 e. The van der Waals surface area contributed by atoms with Crippen molar-refractivity contribution in [3.05, 3.63) is 76.9 Å². The van der Waals surface area contributed by atoms with Gasteiger partial charge in [0.05, 0.1) is 25.3 Å². The van der Waals surface area contributed by atoms with Crippen molar-refractivity contribution in [3.63, 3.8) is 0 Å². The van der Waals surface area contributed by atoms with Gasteiger partial charge in [-0.3, -0.25) is 9.59 Å². The second-order valence-corrected chi connectivity index (χ2v) is 9.85. The Morgan fingerprint density at radius 2 is 1.97 bits per heavy atom. The summed E-state index contributed by atoms with van der Waals surface area (Å²) < 4.78 is 17.9. The molecule has 198 valence electrons. The summed E-state index contributed by atoms with van der Waals surface area (Å²) in [7, 11) is 1.57. The summed E-state index contributed by atoms with van der Waals surface area (Å²) in [5.41, 5.74) is 3.09. The Kier molecular flexibility index (Phi) is 7.13. The Bertz CT molecular complexity index is 1370. The molecule has 8 bridgehead atoms. The number of carbonyl (C=O) groups is 2. The van der Waals surface area contributed by atoms with Crippen molar-refractivity contribution >= 4 is 11.8 Å². The van der Waals surface area contributed by atoms with Gasteiger partial charge in [-0.1, -0.05) is 26.0 Å². The topological polar surface area (TPSA) is 97.3 Å². The highest BCUT2D eigenvalue weighted by molar-refractivity contribution is 5.97. The molecule has 0 aliphatic carbocycles. The summed E-state index contributed by atoms with van der Waals surface area (Å²) in [5.74, 6) is 1.49. The number of amides is 2. The minimum absolute atomic E-state index is 0.0840. The van der Waals surface area contributed by atoms with Crippen molar-refractivity contribution < 1.29 is 28.9 Å². The Hall–Kier alpha value is -4.20. The molecule has 3 aliphatic rings. The number of benzene rings is 3. The number of nitrogens with one attached hydrogen (secondary N) is 1. The van der Waals surface area contributed by atoms with Crippen molar-refractivity contribution in [2.45, 2.75) is 32.7 Å². The highest BCUT2D eigenvalue weighted by Crippen LogP contribution is 2.43. The second-order valence-electron chi connectivity index (χ2n) is 9.85. The number of phenols is 1. The molecule has 0 saturated carbocycles. The molecule has 0 saturated heterocycles. The second kappa shape index (κ2) is 10.7. The molecule has 3 aromatic carbocycles. The van der Waals surface area contributed by atoms with Gasteiger partial charge in [0.25, 0.3) is 5.91 Å². The Morgan fingerprint density at radius 3 is 2.76 bits per heavy atom. The average Bonchev–Trinajstić information content (AvgIpc) is 2.92. The van der Waals surface area contributed by atoms with Gasteiger partial charge in [0.2, 0.25) is 5.91 Å². The van der Waals surface area contributed by atoms with Gasteiger partial charge in [0.15, 0.2) is 11.5 Å². The molecular formula is C30H32N2O6. The molecular weight excluding hydrogens is 484 g/mol. The van der Waals surface area contributed by atoms with Crippen LogP contribution in [-0.4, -0.2) is 48.6 Å². The molecule has 1 atom stereocenters. The number of rotatable bonds is 2. The van der Waals surface area contributed by atoms with Crippen LogP contribution in [0.5, 0.6) is 28.7 Å². The first kappa shape index (κ1) is 25.4. The van der Waals surface area contributed by atoms with E-state index in [-0.39, 0.29) is 29.2 Å². The third-order valence-corrected chi connectivity index (χ3v) is 6.92. The van der Waals surface area contributed by atoms with E-state index in [1.165, 1.54) is 12.1 Å². The van der Waals surface area contributed by atoms with Crippen LogP contribution < -0.4 is 19.5 Å². The minimum atomic E-state index is -0.397. The normalized spacial score (nSPS) is 17.1. The third kappa shape index (κ3) is 4.98. The fourth-order valence-electron chi connectivity index (χ4n) is 5.02. The number of aromatic hydroxyl groups is 1. The van der Waals surface area contributed by atoms with E-state index in [4.69, 9.17) is 14.2 Å². The summed E-state index contributed by atoms with van der Waals surface area (Å²) in [4.78, 5) is 28.0. The van der Waals surface area contributed by atoms with Crippen LogP contribution >= 0.6 is 0 Å². The molecule has 8 heteroatoms. The maximum atomic E-state index is 13.3. The van der Waals surface area contributed by atoms with E-state index in [9.17, 15) is 14.7 Å². The molecule has 0 fully saturated rings. The summed E-state index contributed by atoms with van der Waals surface area (Å²) in [6, 6.07) is 15.9. The first-order valence-corrected chi connectivity index (χ1v) is 12.9. The fraction of sp³-hybridized carbons (Fsp3) is 0.333. The van der Waals surface area contributed by atoms with Crippen LogP contribution in [0, 0.1) is 5.92 Å². The lowest BCUT2D eigenvalue weighted by Gasteiger charge is -2.39. The van der Waals surface area contributed by atoms with E-state index in [2.05, 4.69) is 5.32 Å². The van der Waals surface area contributed by atoms with Gasteiger partial charge in [0, 0.05) is 19.0 Å². The van der Waals surface area contributed by atoms with E-state index < -0.39 is 5.91 Å². The lowest BCUT2D eigenvalue weighted by atomic mass is 9.87. The first-order valence-electron chi connectivity index (χ1n) is 12.9. The van der Waals surface area contributed by atoms with E-state index in [1.54, 1.807) is 13.2 Å². The molecule has 3 heterocycles. The van der Waals surface area contributed by atoms with Gasteiger partial charge >= 0.3 is 0 Å². The smallest absolute Gasteiger partial charge is 0.255 e. The van der Waals surface area contributed by atoms with Gasteiger partial charge in [-0.15, -0.1) is 0 Å². The van der Waals surface area contributed by atoms with Crippen molar-refractivity contribution in [2.24, 2.45) is 5.92 Å². The fourth-order valence-corrected chi connectivity index (χ4v) is 5.02. The zero-order valence-corrected chi connectivity index (χ0v) is 21.8. The van der Waals surface area contributed by atoms with Crippen molar-refractivity contribution in [1.29, 1.82) is 0 Å². The average molecular weight is 517 g/mol. The van der Waals surface area contributed by atoms with Gasteiger partial charge in [-0.2, -0.15) is 0 Å². The number of hydrogen-bond acceptors (Lipinski definition) is 6. The number of nitrogens with zero attached hydrogens (tertiary/aromatic N) is 1. The van der Waals surface area contributed by atoms with Crippen molar-refractivity contribution in [3.8, 4) is 28.7 Å². The first-order chi connectivity index (χ1) is 18.4. The lowest BCUT2D eigenvalue weighted by molar-refractivity contribution is -0.136. The predicted octanol–water partition coefficient (Wildman–Crippen LogP) is 4.84. The number of methoxy groups -OCH3 is 1. The van der Waals surface area contributed by atoms with E-state index in [1.807, 2.05) is 55.1 Å². The van der Waals surface area contributed by atoms with Crippen LogP contribution in [0.25, 0.3) is 0 Å². The maximum absolute atomic E-state index is 13.3. The summed E-state index contributed by atoms with van der Waals surface area (Å²) in [5, 5.41) is 13.1. The number of hydrogen-bond donors (Lipinski definition) is 2. The van der Waals surface area contributed by atoms with Gasteiger partial charge in [-0.05, 0) is 72.0 Å². The van der Waals surface area contributed by atoms with Crippen LogP contribution in [0.3, 0.4) is 0 Å². The van der Waals surface area contributed by atoms with Gasteiger partial charge in [-0.25, -0.2) is 0 Å². The van der Waals surface area contributed by atoms with E-state index in [0.29, 0.717) is 55.5 Å². The molecule has 2 amide bonds. The van der Waals surface area contributed by atoms with Crippen molar-refractivity contribution in [1.82, 2.24) is 10.2 Å². The predicted molar refractivity (Wildman–Crippen MR) is 142 cm³/mol. The molecule has 8 nitrogen and oxygen atoms in total. The third-order valence-electron chi connectivity index (χ3n) is 6.92. The Labute approximate surface area is 222 Å². The highest BCUT2D eigenvalue weighted by atomic mass is 16.5. The molecule has 38 heavy (non-hydrogen) atoms. The highest BCUT2D eigenvalue weighted by Gasteiger charge is 2.34. The zero-order chi connectivity index (χ0) is 26.8. The lowest BCUT2D eigenvalue weighted by Crippen LogP contribution is -2.42. The molecule has 3 aliphatic heterocycles. The van der Waals surface area contributed by atoms with Crippen LogP contribution in [0.4, 0.5) is 0 Å². The quantitative estimate of drug-likeness (QED) is 0.506. The van der Waals surface area contributed by atoms with Gasteiger partial charge < -0.3 is 29.5 Å². The zero-order valence-electron chi connectivity index (χ0n) is 21.8. The summed E-state index contributed by atoms with van der Waals surface area (Å²) >= 11 is 0. The van der Waals surface area contributed by atoms with E-state index in [0.717, 1.165) is 16.7 Å². The van der Waals surface area contributed by atoms with Gasteiger partial charge in [0.1, 0.15) is 17.2 Å². The molecule has 0 aromatic heterocycles. The Balaban J connectivity index is 1.66. The molecule has 2 N–H and O–H groups in total. The SMILES string of the molecule is COc1cc2c3cc1Oc1ccc(O)c(c1)C(=O)NCCCOc1cccc(c1)C2N(C(=O)C(C)C)CC3. The number of phenolic OH excluding ortho intramolecular Hbond substituents is 1. The van der Waals surface area contributed by atoms with E-state index >= 15 is 0 Å². The number of ether oxygens (including phenoxy) is 3. The van der Waals surface area contributed by atoms with Crippen LogP contribution in [0.15, 0.2) is 54.6 Å². The molecule has 3 aromatic rings.